The molecule has 1 saturated heterocycles. The molecule has 8 nitrogen and oxygen atoms in total. The molecule has 1 heterocycles. The molecule has 1 aliphatic carbocycles. The first kappa shape index (κ1) is 21.3. The Morgan fingerprint density at radius 2 is 1.81 bits per heavy atom. The molecule has 2 fully saturated rings. The highest BCUT2D eigenvalue weighted by molar-refractivity contribution is 5.85. The van der Waals surface area contributed by atoms with Gasteiger partial charge < -0.3 is 25.2 Å². The molecule has 0 bridgehead atoms. The van der Waals surface area contributed by atoms with Gasteiger partial charge in [0.2, 0.25) is 5.91 Å². The molecule has 2 rings (SSSR count). The lowest BCUT2D eigenvalue weighted by Gasteiger charge is -2.40. The van der Waals surface area contributed by atoms with Crippen molar-refractivity contribution in [2.75, 3.05) is 40.8 Å². The van der Waals surface area contributed by atoms with Crippen molar-refractivity contribution in [2.24, 2.45) is 10.4 Å². The van der Waals surface area contributed by atoms with Crippen LogP contribution in [0.1, 0.15) is 46.5 Å². The second-order valence-electron chi connectivity index (χ2n) is 8.84. The fourth-order valence-corrected chi connectivity index (χ4v) is 3.68. The van der Waals surface area contributed by atoms with E-state index in [1.54, 1.807) is 16.8 Å². The number of likely N-dealkylation sites (tertiary alicyclic amines) is 1. The summed E-state index contributed by atoms with van der Waals surface area (Å²) in [5.41, 5.74) is -0.828. The molecule has 154 valence electrons. The Kier molecular flexibility index (Phi) is 6.59. The number of aliphatic imine (C=N–C) groups is 1. The number of amides is 2. The van der Waals surface area contributed by atoms with Crippen molar-refractivity contribution in [1.29, 1.82) is 0 Å². The fourth-order valence-electron chi connectivity index (χ4n) is 3.68. The Labute approximate surface area is 162 Å². The van der Waals surface area contributed by atoms with Crippen molar-refractivity contribution in [1.82, 2.24) is 20.4 Å². The second kappa shape index (κ2) is 8.35. The summed E-state index contributed by atoms with van der Waals surface area (Å²) in [4.78, 5) is 32.3. The third-order valence-electron chi connectivity index (χ3n) is 5.11. The predicted octanol–water partition coefficient (Wildman–Crippen LogP) is 1.42. The lowest BCUT2D eigenvalue weighted by molar-refractivity contribution is -0.138. The molecule has 0 aromatic heterocycles. The quantitative estimate of drug-likeness (QED) is 0.568. The van der Waals surface area contributed by atoms with Crippen LogP contribution in [-0.2, 0) is 9.53 Å². The summed E-state index contributed by atoms with van der Waals surface area (Å²) in [6, 6.07) is 0.132. The van der Waals surface area contributed by atoms with Crippen LogP contribution in [0, 0.1) is 5.41 Å². The van der Waals surface area contributed by atoms with Crippen molar-refractivity contribution in [2.45, 2.75) is 58.1 Å². The van der Waals surface area contributed by atoms with Crippen LogP contribution in [0.15, 0.2) is 4.99 Å². The lowest BCUT2D eigenvalue weighted by atomic mass is 9.84. The normalized spacial score (nSPS) is 20.1. The number of carbonyl (C=O) groups excluding carboxylic acids is 2. The topological polar surface area (TPSA) is 86.3 Å². The molecule has 0 unspecified atom stereocenters. The Balaban J connectivity index is 1.82. The molecule has 1 aliphatic heterocycles. The van der Waals surface area contributed by atoms with Crippen LogP contribution in [-0.4, -0.2) is 80.2 Å². The van der Waals surface area contributed by atoms with Gasteiger partial charge in [0.1, 0.15) is 5.60 Å². The summed E-state index contributed by atoms with van der Waals surface area (Å²) < 4.78 is 5.37. The van der Waals surface area contributed by atoms with Gasteiger partial charge in [-0.25, -0.2) is 4.79 Å². The highest BCUT2D eigenvalue weighted by Gasteiger charge is 2.42. The smallest absolute Gasteiger partial charge is 0.410 e. The van der Waals surface area contributed by atoms with Gasteiger partial charge >= 0.3 is 6.09 Å². The van der Waals surface area contributed by atoms with Gasteiger partial charge in [0.15, 0.2) is 5.96 Å². The average Bonchev–Trinajstić information content (AvgIpc) is 3.00. The van der Waals surface area contributed by atoms with E-state index in [1.807, 2.05) is 34.9 Å². The molecule has 8 heteroatoms. The summed E-state index contributed by atoms with van der Waals surface area (Å²) in [6.07, 6.45) is 3.69. The van der Waals surface area contributed by atoms with Gasteiger partial charge in [-0.2, -0.15) is 0 Å². The number of nitrogens with one attached hydrogen (secondary N) is 2. The number of hydrogen-bond donors (Lipinski definition) is 2. The first-order valence-corrected chi connectivity index (χ1v) is 9.73. The number of hydrogen-bond acceptors (Lipinski definition) is 4. The van der Waals surface area contributed by atoms with Gasteiger partial charge in [0.05, 0.1) is 11.5 Å². The Morgan fingerprint density at radius 3 is 2.30 bits per heavy atom. The van der Waals surface area contributed by atoms with E-state index in [0.29, 0.717) is 25.6 Å². The molecule has 27 heavy (non-hydrogen) atoms. The molecular formula is C19H35N5O3. The van der Waals surface area contributed by atoms with Crippen molar-refractivity contribution in [3.8, 4) is 0 Å². The Morgan fingerprint density at radius 1 is 1.22 bits per heavy atom. The van der Waals surface area contributed by atoms with E-state index < -0.39 is 5.60 Å². The van der Waals surface area contributed by atoms with E-state index in [4.69, 9.17) is 4.74 Å². The van der Waals surface area contributed by atoms with Gasteiger partial charge in [0, 0.05) is 40.8 Å². The van der Waals surface area contributed by atoms with Gasteiger partial charge in [0.25, 0.3) is 0 Å². The van der Waals surface area contributed by atoms with Gasteiger partial charge in [-0.15, -0.1) is 0 Å². The standard InChI is InChI=1S/C19H35N5O3/c1-18(2,3)27-17(26)24-11-14(12-24)22-16(20-4)21-13-19(9-7-8-10-19)15(25)23(5)6/h14H,7-13H2,1-6H3,(H2,20,21,22). The molecule has 0 aromatic carbocycles. The maximum Gasteiger partial charge on any atom is 0.410 e. The zero-order valence-corrected chi connectivity index (χ0v) is 17.6. The summed E-state index contributed by atoms with van der Waals surface area (Å²) in [7, 11) is 5.35. The molecule has 2 amide bonds. The monoisotopic (exact) mass is 381 g/mol. The lowest BCUT2D eigenvalue weighted by Crippen LogP contribution is -2.63. The Hall–Kier alpha value is -1.99. The van der Waals surface area contributed by atoms with E-state index in [-0.39, 0.29) is 23.5 Å². The number of ether oxygens (including phenoxy) is 1. The number of carbonyl (C=O) groups is 2. The minimum absolute atomic E-state index is 0.132. The van der Waals surface area contributed by atoms with Crippen LogP contribution in [0.3, 0.4) is 0 Å². The van der Waals surface area contributed by atoms with Crippen LogP contribution in [0.2, 0.25) is 0 Å². The average molecular weight is 382 g/mol. The highest BCUT2D eigenvalue weighted by atomic mass is 16.6. The minimum atomic E-state index is -0.484. The van der Waals surface area contributed by atoms with Crippen molar-refractivity contribution in [3.05, 3.63) is 0 Å². The van der Waals surface area contributed by atoms with Gasteiger partial charge in [-0.3, -0.25) is 9.79 Å². The number of guanidine groups is 1. The van der Waals surface area contributed by atoms with Crippen LogP contribution >= 0.6 is 0 Å². The maximum absolute atomic E-state index is 12.7. The number of rotatable bonds is 4. The molecular weight excluding hydrogens is 346 g/mol. The van der Waals surface area contributed by atoms with Crippen molar-refractivity contribution in [3.63, 3.8) is 0 Å². The maximum atomic E-state index is 12.7. The predicted molar refractivity (Wildman–Crippen MR) is 106 cm³/mol. The second-order valence-corrected chi connectivity index (χ2v) is 8.84. The molecule has 0 aromatic rings. The summed E-state index contributed by atoms with van der Waals surface area (Å²) >= 11 is 0. The molecule has 2 aliphatic rings. The zero-order chi connectivity index (χ0) is 20.2. The van der Waals surface area contributed by atoms with Crippen LogP contribution in [0.25, 0.3) is 0 Å². The van der Waals surface area contributed by atoms with Crippen LogP contribution in [0.5, 0.6) is 0 Å². The van der Waals surface area contributed by atoms with Crippen molar-refractivity contribution < 1.29 is 14.3 Å². The Bertz CT molecular complexity index is 570. The highest BCUT2D eigenvalue weighted by Crippen LogP contribution is 2.38. The molecule has 2 N–H and O–H groups in total. The van der Waals surface area contributed by atoms with E-state index in [0.717, 1.165) is 25.7 Å². The SMILES string of the molecule is CN=C(NCC1(C(=O)N(C)C)CCCC1)NC1CN(C(=O)OC(C)(C)C)C1. The summed E-state index contributed by atoms with van der Waals surface area (Å²) in [5.74, 6) is 0.851. The zero-order valence-electron chi connectivity index (χ0n) is 17.6. The van der Waals surface area contributed by atoms with E-state index in [1.165, 1.54) is 0 Å². The third kappa shape index (κ3) is 5.49. The molecule has 1 saturated carbocycles. The van der Waals surface area contributed by atoms with Gasteiger partial charge in [-0.1, -0.05) is 12.8 Å². The summed E-state index contributed by atoms with van der Waals surface area (Å²) in [6.45, 7) is 7.32. The first-order chi connectivity index (χ1) is 12.6. The fraction of sp³-hybridized carbons (Fsp3) is 0.842. The molecule has 0 radical (unpaired) electrons. The number of nitrogens with zero attached hydrogens (tertiary/aromatic N) is 3. The third-order valence-corrected chi connectivity index (χ3v) is 5.11. The first-order valence-electron chi connectivity index (χ1n) is 9.73. The molecule has 0 spiro atoms. The molecule has 0 atom stereocenters. The van der Waals surface area contributed by atoms with E-state index in [2.05, 4.69) is 15.6 Å². The largest absolute Gasteiger partial charge is 0.444 e. The van der Waals surface area contributed by atoms with Crippen molar-refractivity contribution >= 4 is 18.0 Å². The van der Waals surface area contributed by atoms with Gasteiger partial charge in [-0.05, 0) is 33.6 Å². The van der Waals surface area contributed by atoms with E-state index >= 15 is 0 Å². The van der Waals surface area contributed by atoms with Crippen LogP contribution < -0.4 is 10.6 Å². The summed E-state index contributed by atoms with van der Waals surface area (Å²) in [5, 5.41) is 6.65. The van der Waals surface area contributed by atoms with Crippen LogP contribution in [0.4, 0.5) is 4.79 Å². The van der Waals surface area contributed by atoms with E-state index in [9.17, 15) is 9.59 Å². The minimum Gasteiger partial charge on any atom is -0.444 e.